The zero-order chi connectivity index (χ0) is 16.8. The van der Waals surface area contributed by atoms with E-state index in [2.05, 4.69) is 10.3 Å². The molecule has 0 spiro atoms. The highest BCUT2D eigenvalue weighted by Crippen LogP contribution is 2.29. The quantitative estimate of drug-likeness (QED) is 0.681. The van der Waals surface area contributed by atoms with Crippen LogP contribution in [-0.4, -0.2) is 38.8 Å². The molecular formula is C18H14N4O2. The molecule has 2 aromatic carbocycles. The van der Waals surface area contributed by atoms with Gasteiger partial charge in [-0.05, 0) is 31.2 Å². The maximum atomic E-state index is 12.2. The van der Waals surface area contributed by atoms with Crippen molar-refractivity contribution in [2.24, 2.45) is 0 Å². The van der Waals surface area contributed by atoms with Crippen molar-refractivity contribution in [3.63, 3.8) is 0 Å². The van der Waals surface area contributed by atoms with Crippen molar-refractivity contribution in [1.29, 1.82) is 0 Å². The van der Waals surface area contributed by atoms with Gasteiger partial charge in [0.2, 0.25) is 0 Å². The van der Waals surface area contributed by atoms with Crippen molar-refractivity contribution in [2.75, 3.05) is 7.05 Å². The summed E-state index contributed by atoms with van der Waals surface area (Å²) in [6.07, 6.45) is 0. The van der Waals surface area contributed by atoms with E-state index >= 15 is 0 Å². The summed E-state index contributed by atoms with van der Waals surface area (Å²) in [5, 5.41) is 8.46. The van der Waals surface area contributed by atoms with Gasteiger partial charge >= 0.3 is 0 Å². The normalized spacial score (nSPS) is 13.5. The van der Waals surface area contributed by atoms with E-state index in [1.807, 2.05) is 37.3 Å². The van der Waals surface area contributed by atoms with Gasteiger partial charge < -0.3 is 0 Å². The Morgan fingerprint density at radius 1 is 0.917 bits per heavy atom. The summed E-state index contributed by atoms with van der Waals surface area (Å²) in [6, 6.07) is 14.9. The summed E-state index contributed by atoms with van der Waals surface area (Å²) in [5.74, 6) is -0.559. The Morgan fingerprint density at radius 2 is 1.62 bits per heavy atom. The monoisotopic (exact) mass is 318 g/mol. The lowest BCUT2D eigenvalue weighted by Crippen LogP contribution is -2.24. The molecule has 2 amide bonds. The second-order valence-corrected chi connectivity index (χ2v) is 5.70. The molecule has 0 saturated heterocycles. The SMILES string of the molecule is Cc1c(-c2ccc3c(c2)C(=O)N(C)C3=O)nnn1-c1ccccc1. The maximum absolute atomic E-state index is 12.2. The zero-order valence-electron chi connectivity index (χ0n) is 13.2. The van der Waals surface area contributed by atoms with E-state index in [0.29, 0.717) is 16.8 Å². The summed E-state index contributed by atoms with van der Waals surface area (Å²) in [6.45, 7) is 1.93. The number of rotatable bonds is 2. The van der Waals surface area contributed by atoms with Crippen molar-refractivity contribution in [3.05, 3.63) is 65.4 Å². The van der Waals surface area contributed by atoms with E-state index < -0.39 is 0 Å². The predicted molar refractivity (Wildman–Crippen MR) is 88.0 cm³/mol. The molecule has 1 aliphatic rings. The van der Waals surface area contributed by atoms with Crippen molar-refractivity contribution in [1.82, 2.24) is 19.9 Å². The Kier molecular flexibility index (Phi) is 3.06. The molecule has 4 rings (SSSR count). The van der Waals surface area contributed by atoms with Crippen LogP contribution in [-0.2, 0) is 0 Å². The summed E-state index contributed by atoms with van der Waals surface area (Å²) < 4.78 is 1.75. The molecule has 0 radical (unpaired) electrons. The number of imide groups is 1. The Morgan fingerprint density at radius 3 is 2.38 bits per heavy atom. The first kappa shape index (κ1) is 14.3. The second kappa shape index (κ2) is 5.13. The molecular weight excluding hydrogens is 304 g/mol. The van der Waals surface area contributed by atoms with E-state index in [1.165, 1.54) is 7.05 Å². The zero-order valence-corrected chi connectivity index (χ0v) is 13.2. The van der Waals surface area contributed by atoms with Crippen LogP contribution in [0.15, 0.2) is 48.5 Å². The second-order valence-electron chi connectivity index (χ2n) is 5.70. The fourth-order valence-electron chi connectivity index (χ4n) is 2.92. The third-order valence-electron chi connectivity index (χ3n) is 4.26. The van der Waals surface area contributed by atoms with Crippen molar-refractivity contribution in [3.8, 4) is 16.9 Å². The minimum Gasteiger partial charge on any atom is -0.277 e. The number of aromatic nitrogens is 3. The van der Waals surface area contributed by atoms with Gasteiger partial charge in [0, 0.05) is 12.6 Å². The molecule has 3 aromatic rings. The van der Waals surface area contributed by atoms with Crippen LogP contribution in [0.2, 0.25) is 0 Å². The van der Waals surface area contributed by atoms with Gasteiger partial charge in [-0.25, -0.2) is 4.68 Å². The van der Waals surface area contributed by atoms with E-state index in [0.717, 1.165) is 21.8 Å². The standard InChI is InChI=1S/C18H14N4O2/c1-11-16(19-20-22(11)13-6-4-3-5-7-13)12-8-9-14-15(10-12)18(24)21(2)17(14)23/h3-10H,1-2H3. The van der Waals surface area contributed by atoms with Crippen LogP contribution in [0.5, 0.6) is 0 Å². The van der Waals surface area contributed by atoms with Crippen molar-refractivity contribution < 1.29 is 9.59 Å². The molecule has 0 fully saturated rings. The molecule has 1 aliphatic heterocycles. The minimum atomic E-state index is -0.287. The van der Waals surface area contributed by atoms with Gasteiger partial charge in [0.1, 0.15) is 5.69 Å². The van der Waals surface area contributed by atoms with E-state index in [9.17, 15) is 9.59 Å². The average Bonchev–Trinajstić information content (AvgIpc) is 3.10. The lowest BCUT2D eigenvalue weighted by molar-refractivity contribution is 0.0693. The molecule has 6 nitrogen and oxygen atoms in total. The smallest absolute Gasteiger partial charge is 0.261 e. The number of para-hydroxylation sites is 1. The first-order chi connectivity index (χ1) is 11.6. The van der Waals surface area contributed by atoms with Gasteiger partial charge in [0.25, 0.3) is 11.8 Å². The van der Waals surface area contributed by atoms with Crippen LogP contribution in [0.25, 0.3) is 16.9 Å². The fraction of sp³-hybridized carbons (Fsp3) is 0.111. The highest BCUT2D eigenvalue weighted by molar-refractivity contribution is 6.21. The fourth-order valence-corrected chi connectivity index (χ4v) is 2.92. The summed E-state index contributed by atoms with van der Waals surface area (Å²) in [7, 11) is 1.49. The van der Waals surface area contributed by atoms with Gasteiger partial charge in [-0.2, -0.15) is 0 Å². The van der Waals surface area contributed by atoms with Gasteiger partial charge in [0.05, 0.1) is 22.5 Å². The minimum absolute atomic E-state index is 0.272. The summed E-state index contributed by atoms with van der Waals surface area (Å²) in [5.41, 5.74) is 4.08. The molecule has 0 saturated carbocycles. The number of carbonyl (C=O) groups is 2. The first-order valence-electron chi connectivity index (χ1n) is 7.52. The number of fused-ring (bicyclic) bond motifs is 1. The number of benzene rings is 2. The predicted octanol–water partition coefficient (Wildman–Crippen LogP) is 2.47. The van der Waals surface area contributed by atoms with E-state index in [-0.39, 0.29) is 11.8 Å². The van der Waals surface area contributed by atoms with Crippen LogP contribution >= 0.6 is 0 Å². The Labute approximate surface area is 138 Å². The summed E-state index contributed by atoms with van der Waals surface area (Å²) >= 11 is 0. The van der Waals surface area contributed by atoms with Crippen LogP contribution in [0, 0.1) is 6.92 Å². The van der Waals surface area contributed by atoms with Crippen molar-refractivity contribution in [2.45, 2.75) is 6.92 Å². The Hall–Kier alpha value is -3.28. The number of nitrogens with zero attached hydrogens (tertiary/aromatic N) is 4. The van der Waals surface area contributed by atoms with Crippen LogP contribution < -0.4 is 0 Å². The van der Waals surface area contributed by atoms with Crippen molar-refractivity contribution >= 4 is 11.8 Å². The molecule has 6 heteroatoms. The third-order valence-corrected chi connectivity index (χ3v) is 4.26. The van der Waals surface area contributed by atoms with E-state index in [4.69, 9.17) is 0 Å². The van der Waals surface area contributed by atoms with Crippen LogP contribution in [0.4, 0.5) is 0 Å². The average molecular weight is 318 g/mol. The number of hydrogen-bond donors (Lipinski definition) is 0. The lowest BCUT2D eigenvalue weighted by Gasteiger charge is -2.04. The highest BCUT2D eigenvalue weighted by atomic mass is 16.2. The Balaban J connectivity index is 1.81. The number of carbonyl (C=O) groups excluding carboxylic acids is 2. The lowest BCUT2D eigenvalue weighted by atomic mass is 10.0. The largest absolute Gasteiger partial charge is 0.277 e. The molecule has 0 N–H and O–H groups in total. The Bertz CT molecular complexity index is 976. The maximum Gasteiger partial charge on any atom is 0.261 e. The number of amides is 2. The molecule has 0 aliphatic carbocycles. The number of hydrogen-bond acceptors (Lipinski definition) is 4. The van der Waals surface area contributed by atoms with Crippen LogP contribution in [0.3, 0.4) is 0 Å². The highest BCUT2D eigenvalue weighted by Gasteiger charge is 2.33. The van der Waals surface area contributed by atoms with Gasteiger partial charge in [0.15, 0.2) is 0 Å². The third kappa shape index (κ3) is 1.96. The molecule has 1 aromatic heterocycles. The van der Waals surface area contributed by atoms with Crippen LogP contribution in [0.1, 0.15) is 26.4 Å². The summed E-state index contributed by atoms with van der Waals surface area (Å²) in [4.78, 5) is 25.3. The van der Waals surface area contributed by atoms with Gasteiger partial charge in [-0.1, -0.05) is 29.5 Å². The molecule has 24 heavy (non-hydrogen) atoms. The van der Waals surface area contributed by atoms with E-state index in [1.54, 1.807) is 22.9 Å². The molecule has 2 heterocycles. The molecule has 0 bridgehead atoms. The van der Waals surface area contributed by atoms with Gasteiger partial charge in [-0.15, -0.1) is 5.10 Å². The van der Waals surface area contributed by atoms with Gasteiger partial charge in [-0.3, -0.25) is 14.5 Å². The first-order valence-corrected chi connectivity index (χ1v) is 7.52. The topological polar surface area (TPSA) is 68.1 Å². The molecule has 0 unspecified atom stereocenters. The molecule has 0 atom stereocenters. The molecule has 118 valence electrons.